The zero-order valence-electron chi connectivity index (χ0n) is 15.5. The summed E-state index contributed by atoms with van der Waals surface area (Å²) in [5.41, 5.74) is -0.849. The first-order valence-electron chi connectivity index (χ1n) is 8.70. The predicted molar refractivity (Wildman–Crippen MR) is 98.6 cm³/mol. The zero-order chi connectivity index (χ0) is 21.4. The summed E-state index contributed by atoms with van der Waals surface area (Å²) in [5.74, 6) is -1.60. The Bertz CT molecular complexity index is 939. The van der Waals surface area contributed by atoms with Crippen molar-refractivity contribution in [2.24, 2.45) is 0 Å². The Hall–Kier alpha value is -2.75. The number of benzene rings is 1. The second-order valence-corrected chi connectivity index (χ2v) is 7.63. The normalized spacial score (nSPS) is 14.4. The number of alkyl halides is 3. The zero-order valence-corrected chi connectivity index (χ0v) is 16.2. The van der Waals surface area contributed by atoms with Crippen LogP contribution in [0.15, 0.2) is 28.8 Å². The van der Waals surface area contributed by atoms with Crippen molar-refractivity contribution >= 4 is 29.2 Å². The first kappa shape index (κ1) is 21.0. The highest BCUT2D eigenvalue weighted by atomic mass is 35.5. The van der Waals surface area contributed by atoms with Crippen LogP contribution < -0.4 is 16.0 Å². The van der Waals surface area contributed by atoms with Crippen LogP contribution in [-0.4, -0.2) is 23.1 Å². The number of amides is 3. The molecular weight excluding hydrogens is 413 g/mol. The van der Waals surface area contributed by atoms with Gasteiger partial charge in [0, 0.05) is 17.8 Å². The van der Waals surface area contributed by atoms with Crippen LogP contribution in [-0.2, 0) is 11.7 Å². The minimum Gasteiger partial charge on any atom is -0.351 e. The highest BCUT2D eigenvalue weighted by molar-refractivity contribution is 6.34. The molecule has 3 N–H and O–H groups in total. The third-order valence-corrected chi connectivity index (χ3v) is 4.57. The third kappa shape index (κ3) is 5.20. The van der Waals surface area contributed by atoms with Crippen molar-refractivity contribution in [1.29, 1.82) is 0 Å². The van der Waals surface area contributed by atoms with E-state index in [1.165, 1.54) is 32.0 Å². The Morgan fingerprint density at radius 2 is 1.90 bits per heavy atom. The van der Waals surface area contributed by atoms with Crippen LogP contribution in [0.3, 0.4) is 0 Å². The largest absolute Gasteiger partial charge is 0.452 e. The van der Waals surface area contributed by atoms with E-state index < -0.39 is 23.5 Å². The molecule has 156 valence electrons. The Balaban J connectivity index is 1.68. The molecule has 29 heavy (non-hydrogen) atoms. The molecule has 3 rings (SSSR count). The predicted octanol–water partition coefficient (Wildman–Crippen LogP) is 4.30. The number of hydrogen-bond acceptors (Lipinski definition) is 4. The number of nitrogens with zero attached hydrogens (tertiary/aromatic N) is 1. The van der Waals surface area contributed by atoms with Crippen LogP contribution in [0.5, 0.6) is 0 Å². The molecule has 3 amide bonds. The fourth-order valence-corrected chi connectivity index (χ4v) is 2.68. The summed E-state index contributed by atoms with van der Waals surface area (Å²) in [6.07, 6.45) is -2.85. The Kier molecular flexibility index (Phi) is 5.48. The maximum absolute atomic E-state index is 12.7. The molecule has 1 heterocycles. The highest BCUT2D eigenvalue weighted by Gasteiger charge is 2.38. The van der Waals surface area contributed by atoms with Crippen molar-refractivity contribution in [3.63, 3.8) is 0 Å². The molecule has 1 fully saturated rings. The second-order valence-electron chi connectivity index (χ2n) is 7.22. The monoisotopic (exact) mass is 430 g/mol. The van der Waals surface area contributed by atoms with Gasteiger partial charge < -0.3 is 20.5 Å². The van der Waals surface area contributed by atoms with E-state index in [1.54, 1.807) is 0 Å². The van der Waals surface area contributed by atoms with Gasteiger partial charge in [0.25, 0.3) is 5.91 Å². The highest BCUT2D eigenvalue weighted by Crippen LogP contribution is 2.32. The van der Waals surface area contributed by atoms with Gasteiger partial charge in [0.05, 0.1) is 16.1 Å². The number of hydrogen-bond donors (Lipinski definition) is 3. The first-order chi connectivity index (χ1) is 13.5. The molecule has 1 aromatic heterocycles. The number of halogens is 4. The molecule has 0 saturated heterocycles. The SMILES string of the molecule is CC(C)(NC(=O)Nc1ccc(Cl)c(C(=O)NC2CC2)c1)c1cc(C(F)(F)F)on1. The number of urea groups is 1. The van der Waals surface area contributed by atoms with E-state index in [1.807, 2.05) is 0 Å². The minimum absolute atomic E-state index is 0.0967. The van der Waals surface area contributed by atoms with Gasteiger partial charge >= 0.3 is 12.2 Å². The van der Waals surface area contributed by atoms with Gasteiger partial charge in [-0.25, -0.2) is 4.79 Å². The van der Waals surface area contributed by atoms with Gasteiger partial charge in [-0.2, -0.15) is 13.2 Å². The summed E-state index contributed by atoms with van der Waals surface area (Å²) in [6.45, 7) is 2.95. The molecule has 0 radical (unpaired) electrons. The van der Waals surface area contributed by atoms with E-state index >= 15 is 0 Å². The molecule has 0 aliphatic heterocycles. The van der Waals surface area contributed by atoms with Crippen molar-refractivity contribution in [3.8, 4) is 0 Å². The average Bonchev–Trinajstić information content (AvgIpc) is 3.24. The van der Waals surface area contributed by atoms with Gasteiger partial charge in [-0.05, 0) is 44.9 Å². The van der Waals surface area contributed by atoms with E-state index in [0.717, 1.165) is 18.9 Å². The number of nitrogens with one attached hydrogen (secondary N) is 3. The van der Waals surface area contributed by atoms with Crippen LogP contribution in [0.4, 0.5) is 23.7 Å². The summed E-state index contributed by atoms with van der Waals surface area (Å²) in [6, 6.07) is 4.55. The maximum atomic E-state index is 12.7. The van der Waals surface area contributed by atoms with Crippen LogP contribution in [0, 0.1) is 0 Å². The summed E-state index contributed by atoms with van der Waals surface area (Å²) >= 11 is 6.06. The van der Waals surface area contributed by atoms with Gasteiger partial charge in [0.1, 0.15) is 5.69 Å². The fourth-order valence-electron chi connectivity index (χ4n) is 2.48. The van der Waals surface area contributed by atoms with E-state index in [2.05, 4.69) is 25.6 Å². The molecule has 0 atom stereocenters. The lowest BCUT2D eigenvalue weighted by Crippen LogP contribution is -2.43. The van der Waals surface area contributed by atoms with E-state index in [0.29, 0.717) is 5.69 Å². The lowest BCUT2D eigenvalue weighted by atomic mass is 10.0. The third-order valence-electron chi connectivity index (χ3n) is 4.24. The second kappa shape index (κ2) is 7.58. The van der Waals surface area contributed by atoms with Crippen LogP contribution in [0.1, 0.15) is 48.5 Å². The topological polar surface area (TPSA) is 96.3 Å². The van der Waals surface area contributed by atoms with E-state index in [-0.39, 0.29) is 28.2 Å². The van der Waals surface area contributed by atoms with Crippen molar-refractivity contribution in [1.82, 2.24) is 15.8 Å². The average molecular weight is 431 g/mol. The number of carbonyl (C=O) groups excluding carboxylic acids is 2. The Morgan fingerprint density at radius 1 is 1.21 bits per heavy atom. The van der Waals surface area contributed by atoms with Crippen molar-refractivity contribution in [2.75, 3.05) is 5.32 Å². The van der Waals surface area contributed by atoms with Gasteiger partial charge in [0.15, 0.2) is 0 Å². The molecule has 1 saturated carbocycles. The molecule has 0 unspecified atom stereocenters. The molecule has 7 nitrogen and oxygen atoms in total. The lowest BCUT2D eigenvalue weighted by molar-refractivity contribution is -0.155. The molecule has 1 aromatic carbocycles. The molecule has 0 bridgehead atoms. The molecule has 11 heteroatoms. The Labute approximate surface area is 169 Å². The minimum atomic E-state index is -4.68. The number of aromatic nitrogens is 1. The quantitative estimate of drug-likeness (QED) is 0.659. The number of anilines is 1. The molecule has 0 spiro atoms. The van der Waals surface area contributed by atoms with Gasteiger partial charge in [0.2, 0.25) is 5.76 Å². The van der Waals surface area contributed by atoms with Crippen LogP contribution in [0.25, 0.3) is 0 Å². The van der Waals surface area contributed by atoms with Crippen molar-refractivity contribution < 1.29 is 27.3 Å². The Morgan fingerprint density at radius 3 is 2.48 bits per heavy atom. The molecular formula is C18H18ClF3N4O3. The van der Waals surface area contributed by atoms with Gasteiger partial charge in [-0.15, -0.1) is 0 Å². The number of rotatable bonds is 5. The first-order valence-corrected chi connectivity index (χ1v) is 9.07. The summed E-state index contributed by atoms with van der Waals surface area (Å²) in [5, 5.41) is 11.5. The summed E-state index contributed by atoms with van der Waals surface area (Å²) < 4.78 is 42.3. The van der Waals surface area contributed by atoms with Crippen molar-refractivity contribution in [3.05, 3.63) is 46.3 Å². The number of carbonyl (C=O) groups is 2. The van der Waals surface area contributed by atoms with E-state index in [9.17, 15) is 22.8 Å². The van der Waals surface area contributed by atoms with Gasteiger partial charge in [-0.1, -0.05) is 16.8 Å². The molecule has 1 aliphatic carbocycles. The summed E-state index contributed by atoms with van der Waals surface area (Å²) in [7, 11) is 0. The molecule has 2 aromatic rings. The molecule has 1 aliphatic rings. The van der Waals surface area contributed by atoms with E-state index in [4.69, 9.17) is 11.6 Å². The lowest BCUT2D eigenvalue weighted by Gasteiger charge is -2.23. The maximum Gasteiger partial charge on any atom is 0.452 e. The summed E-state index contributed by atoms with van der Waals surface area (Å²) in [4.78, 5) is 24.5. The van der Waals surface area contributed by atoms with Gasteiger partial charge in [-0.3, -0.25) is 4.79 Å². The van der Waals surface area contributed by atoms with Crippen LogP contribution in [0.2, 0.25) is 5.02 Å². The van der Waals surface area contributed by atoms with Crippen LogP contribution >= 0.6 is 11.6 Å². The standard InChI is InChI=1S/C18H18ClF3N4O3/c1-17(2,13-8-14(29-26-13)18(20,21)22)25-16(28)24-10-5-6-12(19)11(7-10)15(27)23-9-3-4-9/h5-9H,3-4H2,1-2H3,(H,23,27)(H2,24,25,28). The fraction of sp³-hybridized carbons (Fsp3) is 0.389. The van der Waals surface area contributed by atoms with Crippen molar-refractivity contribution in [2.45, 2.75) is 44.4 Å². The smallest absolute Gasteiger partial charge is 0.351 e.